The summed E-state index contributed by atoms with van der Waals surface area (Å²) >= 11 is 0. The second-order valence-corrected chi connectivity index (χ2v) is 16.9. The smallest absolute Gasteiger partial charge is 0.384 e. The van der Waals surface area contributed by atoms with Crippen LogP contribution < -0.4 is 9.44 Å². The van der Waals surface area contributed by atoms with Crippen LogP contribution in [0.5, 0.6) is 0 Å². The van der Waals surface area contributed by atoms with Crippen LogP contribution in [-0.4, -0.2) is 65.5 Å². The second-order valence-electron chi connectivity index (χ2n) is 13.0. The van der Waals surface area contributed by atoms with Crippen LogP contribution in [0.2, 0.25) is 0 Å². The van der Waals surface area contributed by atoms with Gasteiger partial charge in [-0.25, -0.2) is 44.2 Å². The molecule has 0 aliphatic rings. The molecule has 0 aliphatic heterocycles. The molecule has 0 unspecified atom stereocenters. The Morgan fingerprint density at radius 1 is 0.580 bits per heavy atom. The summed E-state index contributed by atoms with van der Waals surface area (Å²) in [5.74, 6) is -2.40. The predicted octanol–water partition coefficient (Wildman–Crippen LogP) is 7.30. The van der Waals surface area contributed by atoms with Gasteiger partial charge in [-0.05, 0) is 53.7 Å². The topological polar surface area (TPSA) is 98.7 Å². The number of hydrogen-bond donors (Lipinski definition) is 4. The van der Waals surface area contributed by atoms with Gasteiger partial charge in [-0.15, -0.1) is 0 Å². The van der Waals surface area contributed by atoms with Crippen molar-refractivity contribution in [3.63, 3.8) is 0 Å². The molecule has 0 spiro atoms. The van der Waals surface area contributed by atoms with Crippen molar-refractivity contribution in [3.05, 3.63) is 71.3 Å². The van der Waals surface area contributed by atoms with Crippen LogP contribution in [0.25, 0.3) is 0 Å². The van der Waals surface area contributed by atoms with Crippen LogP contribution in [-0.2, 0) is 33.0 Å². The van der Waals surface area contributed by atoms with E-state index < -0.39 is 116 Å². The molecule has 0 saturated heterocycles. The van der Waals surface area contributed by atoms with Crippen LogP contribution in [0.3, 0.4) is 0 Å². The lowest BCUT2D eigenvalue weighted by Crippen LogP contribution is -2.56. The number of nitrogens with one attached hydrogen (secondary N) is 2. The van der Waals surface area contributed by atoms with Gasteiger partial charge in [0.1, 0.15) is 22.7 Å². The Morgan fingerprint density at radius 3 is 1.04 bits per heavy atom. The Balaban J connectivity index is 0.000000500. The molecule has 288 valence electrons. The van der Waals surface area contributed by atoms with Crippen molar-refractivity contribution in [2.75, 3.05) is 0 Å². The third-order valence-corrected chi connectivity index (χ3v) is 10.2. The Labute approximate surface area is 286 Å². The molecule has 4 N–H and O–H groups in total. The minimum atomic E-state index is -5.20. The molecule has 6 atom stereocenters. The van der Waals surface area contributed by atoms with Gasteiger partial charge in [-0.3, -0.25) is 0 Å². The van der Waals surface area contributed by atoms with E-state index >= 15 is 0 Å². The maximum atomic E-state index is 14.1. The monoisotopic (exact) mass is 782 g/mol. The van der Waals surface area contributed by atoms with Crippen LogP contribution >= 0.6 is 0 Å². The number of aliphatic hydroxyl groups is 2. The summed E-state index contributed by atoms with van der Waals surface area (Å²) in [6, 6.07) is 8.03. The molecule has 0 amide bonds. The van der Waals surface area contributed by atoms with Crippen molar-refractivity contribution < 1.29 is 71.3 Å². The van der Waals surface area contributed by atoms with E-state index in [1.807, 2.05) is 9.44 Å². The van der Waals surface area contributed by atoms with Crippen LogP contribution in [0.15, 0.2) is 48.5 Å². The maximum absolute atomic E-state index is 14.1. The summed E-state index contributed by atoms with van der Waals surface area (Å²) in [6.45, 7) is 8.46. The van der Waals surface area contributed by atoms with E-state index in [2.05, 4.69) is 0 Å². The van der Waals surface area contributed by atoms with Gasteiger partial charge in [0.05, 0.1) is 31.5 Å². The molecule has 0 fully saturated rings. The SMILES string of the molecule is CC(C)(C)[S@](=O)N[C@@](C[C@@H](O)C(F)(F)F)(c1ccccc1F)C(F)F.CC(C)(C)[S@](=O)N[C@@](C[C@H](O)C(F)(F)F)(c1ccccc1F)C(F)F. The van der Waals surface area contributed by atoms with E-state index in [1.165, 1.54) is 53.7 Å². The lowest BCUT2D eigenvalue weighted by Gasteiger charge is -2.38. The third kappa shape index (κ3) is 11.9. The van der Waals surface area contributed by atoms with Crippen molar-refractivity contribution in [1.29, 1.82) is 0 Å². The summed E-state index contributed by atoms with van der Waals surface area (Å²) in [6.07, 6.45) is -27.1. The van der Waals surface area contributed by atoms with E-state index in [4.69, 9.17) is 0 Å². The number of aliphatic hydroxyl groups excluding tert-OH is 2. The second kappa shape index (κ2) is 17.0. The molecule has 6 nitrogen and oxygen atoms in total. The lowest BCUT2D eigenvalue weighted by atomic mass is 9.85. The minimum Gasteiger partial charge on any atom is -0.384 e. The van der Waals surface area contributed by atoms with Gasteiger partial charge >= 0.3 is 12.4 Å². The number of rotatable bonds is 12. The lowest BCUT2D eigenvalue weighted by molar-refractivity contribution is -0.214. The minimum absolute atomic E-state index is 0.800. The first-order valence-corrected chi connectivity index (χ1v) is 16.7. The van der Waals surface area contributed by atoms with E-state index in [0.717, 1.165) is 36.4 Å². The number of benzene rings is 2. The average molecular weight is 783 g/mol. The molecule has 0 aromatic heterocycles. The first kappa shape index (κ1) is 45.8. The number of halogens is 12. The fourth-order valence-corrected chi connectivity index (χ4v) is 5.88. The van der Waals surface area contributed by atoms with Gasteiger partial charge in [0.25, 0.3) is 12.9 Å². The van der Waals surface area contributed by atoms with Gasteiger partial charge in [-0.1, -0.05) is 36.4 Å². The number of hydrogen-bond acceptors (Lipinski definition) is 4. The molecule has 2 aromatic rings. The molecule has 0 radical (unpaired) electrons. The van der Waals surface area contributed by atoms with Crippen molar-refractivity contribution >= 4 is 22.0 Å². The maximum Gasteiger partial charge on any atom is 0.414 e. The molecule has 0 heterocycles. The van der Waals surface area contributed by atoms with Crippen molar-refractivity contribution in [3.8, 4) is 0 Å². The van der Waals surface area contributed by atoms with E-state index in [1.54, 1.807) is 0 Å². The molecule has 2 aromatic carbocycles. The molecule has 20 heteroatoms. The predicted molar refractivity (Wildman–Crippen MR) is 164 cm³/mol. The fourth-order valence-electron chi connectivity index (χ4n) is 4.04. The highest BCUT2D eigenvalue weighted by atomic mass is 32.2. The van der Waals surface area contributed by atoms with E-state index in [9.17, 15) is 71.3 Å². The quantitative estimate of drug-likeness (QED) is 0.170. The Hall–Kier alpha value is -2.26. The molecular weight excluding hydrogens is 744 g/mol. The Bertz CT molecular complexity index is 1340. The van der Waals surface area contributed by atoms with Gasteiger partial charge in [0.2, 0.25) is 0 Å². The zero-order valence-corrected chi connectivity index (χ0v) is 29.0. The number of alkyl halides is 10. The molecular formula is C30H38F12N2O4S2. The highest BCUT2D eigenvalue weighted by molar-refractivity contribution is 7.84. The zero-order valence-electron chi connectivity index (χ0n) is 27.4. The van der Waals surface area contributed by atoms with Crippen LogP contribution in [0, 0.1) is 11.6 Å². The van der Waals surface area contributed by atoms with E-state index in [-0.39, 0.29) is 0 Å². The van der Waals surface area contributed by atoms with Gasteiger partial charge < -0.3 is 10.2 Å². The normalized spacial score (nSPS) is 18.0. The first-order valence-electron chi connectivity index (χ1n) is 14.4. The van der Waals surface area contributed by atoms with E-state index in [0.29, 0.717) is 0 Å². The van der Waals surface area contributed by atoms with Gasteiger partial charge in [0, 0.05) is 24.0 Å². The molecule has 0 aliphatic carbocycles. The fraction of sp³-hybridized carbons (Fsp3) is 0.600. The standard InChI is InChI=1S/2C15H19F6NO2S/c2*1-13(2,3)25(24)22-14(12(17)18,8-11(23)15(19,20)21)9-6-4-5-7-10(9)16/h2*4-7,11-12,22-23H,8H2,1-3H3/t11-,14+,25+;11-,14-,25-/m10/s1. The van der Waals surface area contributed by atoms with Crippen LogP contribution in [0.1, 0.15) is 65.5 Å². The van der Waals surface area contributed by atoms with Gasteiger partial charge in [-0.2, -0.15) is 26.3 Å². The highest BCUT2D eigenvalue weighted by Crippen LogP contribution is 2.41. The summed E-state index contributed by atoms with van der Waals surface area (Å²) in [4.78, 5) is 0. The van der Waals surface area contributed by atoms with Gasteiger partial charge in [0.15, 0.2) is 12.2 Å². The molecule has 50 heavy (non-hydrogen) atoms. The molecule has 2 rings (SSSR count). The largest absolute Gasteiger partial charge is 0.414 e. The summed E-state index contributed by atoms with van der Waals surface area (Å²) in [5.41, 5.74) is -7.58. The summed E-state index contributed by atoms with van der Waals surface area (Å²) in [5, 5.41) is 18.6. The molecule has 0 bridgehead atoms. The third-order valence-electron chi connectivity index (χ3n) is 6.90. The molecule has 0 saturated carbocycles. The Kier molecular flexibility index (Phi) is 15.6. The highest BCUT2D eigenvalue weighted by Gasteiger charge is 2.54. The van der Waals surface area contributed by atoms with Crippen molar-refractivity contribution in [2.45, 2.75) is 112 Å². The first-order chi connectivity index (χ1) is 22.4. The summed E-state index contributed by atoms with van der Waals surface area (Å²) < 4.78 is 186. The Morgan fingerprint density at radius 2 is 0.840 bits per heavy atom. The van der Waals surface area contributed by atoms with Crippen molar-refractivity contribution in [1.82, 2.24) is 9.44 Å². The summed E-state index contributed by atoms with van der Waals surface area (Å²) in [7, 11) is -4.51. The van der Waals surface area contributed by atoms with Crippen molar-refractivity contribution in [2.24, 2.45) is 0 Å². The average Bonchev–Trinajstić information content (AvgIpc) is 2.94. The zero-order chi connectivity index (χ0) is 39.3. The van der Waals surface area contributed by atoms with Crippen LogP contribution in [0.4, 0.5) is 52.7 Å².